The molecule has 1 saturated heterocycles. The first-order chi connectivity index (χ1) is 7.74. The Labute approximate surface area is 99.2 Å². The van der Waals surface area contributed by atoms with E-state index in [1.165, 1.54) is 7.11 Å². The lowest BCUT2D eigenvalue weighted by Gasteiger charge is -2.24. The van der Waals surface area contributed by atoms with Gasteiger partial charge in [-0.2, -0.15) is 0 Å². The lowest BCUT2D eigenvalue weighted by atomic mass is 10.2. The Morgan fingerprint density at radius 2 is 2.50 bits per heavy atom. The van der Waals surface area contributed by atoms with E-state index in [2.05, 4.69) is 4.98 Å². The van der Waals surface area contributed by atoms with Gasteiger partial charge in [-0.25, -0.2) is 9.78 Å². The Hall–Kier alpha value is -1.29. The molecule has 2 heterocycles. The predicted molar refractivity (Wildman–Crippen MR) is 61.6 cm³/mol. The zero-order chi connectivity index (χ0) is 11.5. The third-order valence-electron chi connectivity index (χ3n) is 2.74. The van der Waals surface area contributed by atoms with Crippen molar-refractivity contribution < 1.29 is 9.53 Å². The van der Waals surface area contributed by atoms with Crippen LogP contribution in [0.2, 0.25) is 5.02 Å². The third kappa shape index (κ3) is 1.97. The van der Waals surface area contributed by atoms with E-state index >= 15 is 0 Å². The van der Waals surface area contributed by atoms with Crippen molar-refractivity contribution in [3.63, 3.8) is 0 Å². The lowest BCUT2D eigenvalue weighted by Crippen LogP contribution is -2.37. The number of esters is 1. The van der Waals surface area contributed by atoms with Crippen LogP contribution in [0.5, 0.6) is 0 Å². The van der Waals surface area contributed by atoms with E-state index in [0.717, 1.165) is 19.4 Å². The summed E-state index contributed by atoms with van der Waals surface area (Å²) in [5.41, 5.74) is 0. The average molecular weight is 241 g/mol. The first-order valence-electron chi connectivity index (χ1n) is 5.19. The number of rotatable bonds is 2. The number of carbonyl (C=O) groups is 1. The summed E-state index contributed by atoms with van der Waals surface area (Å²) in [6.45, 7) is 0.788. The quantitative estimate of drug-likeness (QED) is 0.741. The summed E-state index contributed by atoms with van der Waals surface area (Å²) < 4.78 is 4.77. The van der Waals surface area contributed by atoms with E-state index < -0.39 is 0 Å². The number of nitrogens with zero attached hydrogens (tertiary/aromatic N) is 2. The zero-order valence-corrected chi connectivity index (χ0v) is 9.78. The monoisotopic (exact) mass is 240 g/mol. The van der Waals surface area contributed by atoms with Gasteiger partial charge in [-0.3, -0.25) is 0 Å². The molecule has 0 bridgehead atoms. The van der Waals surface area contributed by atoms with Crippen molar-refractivity contribution in [1.29, 1.82) is 0 Å². The van der Waals surface area contributed by atoms with E-state index in [9.17, 15) is 4.79 Å². The highest BCUT2D eigenvalue weighted by molar-refractivity contribution is 6.33. The van der Waals surface area contributed by atoms with Gasteiger partial charge >= 0.3 is 5.97 Å². The van der Waals surface area contributed by atoms with Gasteiger partial charge in [0.1, 0.15) is 11.9 Å². The average Bonchev–Trinajstić information content (AvgIpc) is 2.77. The molecule has 1 aliphatic heterocycles. The number of methoxy groups -OCH3 is 1. The number of hydrogen-bond acceptors (Lipinski definition) is 4. The Morgan fingerprint density at radius 1 is 1.69 bits per heavy atom. The molecule has 1 fully saturated rings. The Kier molecular flexibility index (Phi) is 3.29. The van der Waals surface area contributed by atoms with Crippen LogP contribution in [0.1, 0.15) is 12.8 Å². The number of carbonyl (C=O) groups excluding carboxylic acids is 1. The fraction of sp³-hybridized carbons (Fsp3) is 0.455. The second-order valence-electron chi connectivity index (χ2n) is 3.68. The topological polar surface area (TPSA) is 42.4 Å². The van der Waals surface area contributed by atoms with Crippen LogP contribution in [0.4, 0.5) is 5.82 Å². The molecule has 0 spiro atoms. The summed E-state index contributed by atoms with van der Waals surface area (Å²) in [6.07, 6.45) is 3.42. The van der Waals surface area contributed by atoms with Gasteiger partial charge in [0.2, 0.25) is 0 Å². The predicted octanol–water partition coefficient (Wildman–Crippen LogP) is 1.88. The van der Waals surface area contributed by atoms with Gasteiger partial charge in [0.25, 0.3) is 0 Å². The van der Waals surface area contributed by atoms with Crippen LogP contribution in [-0.4, -0.2) is 30.6 Å². The van der Waals surface area contributed by atoms with Crippen molar-refractivity contribution in [1.82, 2.24) is 4.98 Å². The molecule has 1 aromatic rings. The summed E-state index contributed by atoms with van der Waals surface area (Å²) in [4.78, 5) is 17.7. The summed E-state index contributed by atoms with van der Waals surface area (Å²) in [5.74, 6) is 0.441. The molecule has 0 saturated carbocycles. The normalized spacial score (nSPS) is 19.9. The minimum atomic E-state index is -0.252. The van der Waals surface area contributed by atoms with Crippen LogP contribution >= 0.6 is 11.6 Å². The first-order valence-corrected chi connectivity index (χ1v) is 5.57. The molecule has 1 aliphatic rings. The van der Waals surface area contributed by atoms with Crippen molar-refractivity contribution >= 4 is 23.4 Å². The molecule has 0 amide bonds. The summed E-state index contributed by atoms with van der Waals surface area (Å²) in [6, 6.07) is 3.29. The third-order valence-corrected chi connectivity index (χ3v) is 3.03. The van der Waals surface area contributed by atoms with Crippen molar-refractivity contribution in [3.8, 4) is 0 Å². The summed E-state index contributed by atoms with van der Waals surface area (Å²) in [5, 5.41) is 0.568. The van der Waals surface area contributed by atoms with Crippen LogP contribution in [-0.2, 0) is 9.53 Å². The molecule has 0 radical (unpaired) electrons. The minimum Gasteiger partial charge on any atom is -0.467 e. The highest BCUT2D eigenvalue weighted by Crippen LogP contribution is 2.29. The fourth-order valence-electron chi connectivity index (χ4n) is 1.99. The van der Waals surface area contributed by atoms with Crippen LogP contribution in [0.15, 0.2) is 18.3 Å². The molecule has 0 aromatic carbocycles. The Morgan fingerprint density at radius 3 is 3.19 bits per heavy atom. The van der Waals surface area contributed by atoms with Crippen LogP contribution in [0.3, 0.4) is 0 Å². The number of ether oxygens (including phenoxy) is 1. The van der Waals surface area contributed by atoms with Gasteiger partial charge in [0.15, 0.2) is 0 Å². The molecule has 1 atom stereocenters. The van der Waals surface area contributed by atoms with E-state index in [1.54, 1.807) is 18.3 Å². The molecule has 1 aromatic heterocycles. The second-order valence-corrected chi connectivity index (χ2v) is 4.09. The van der Waals surface area contributed by atoms with Crippen molar-refractivity contribution in [2.75, 3.05) is 18.6 Å². The van der Waals surface area contributed by atoms with E-state index in [4.69, 9.17) is 16.3 Å². The second kappa shape index (κ2) is 4.70. The molecule has 5 heteroatoms. The van der Waals surface area contributed by atoms with Gasteiger partial charge in [-0.05, 0) is 25.0 Å². The standard InChI is InChI=1S/C11H13ClN2O2/c1-16-11(15)9-5-3-7-14(9)10-8(12)4-2-6-13-10/h2,4,6,9H,3,5,7H2,1H3. The van der Waals surface area contributed by atoms with E-state index in [0.29, 0.717) is 10.8 Å². The minimum absolute atomic E-state index is 0.223. The fourth-order valence-corrected chi connectivity index (χ4v) is 2.22. The van der Waals surface area contributed by atoms with E-state index in [-0.39, 0.29) is 12.0 Å². The van der Waals surface area contributed by atoms with Gasteiger partial charge in [-0.15, -0.1) is 0 Å². The van der Waals surface area contributed by atoms with Gasteiger partial charge in [-0.1, -0.05) is 11.6 Å². The summed E-state index contributed by atoms with van der Waals surface area (Å²) in [7, 11) is 1.40. The van der Waals surface area contributed by atoms with Crippen molar-refractivity contribution in [2.24, 2.45) is 0 Å². The van der Waals surface area contributed by atoms with Crippen molar-refractivity contribution in [3.05, 3.63) is 23.4 Å². The van der Waals surface area contributed by atoms with E-state index in [1.807, 2.05) is 4.90 Å². The molecule has 0 aliphatic carbocycles. The maximum absolute atomic E-state index is 11.6. The van der Waals surface area contributed by atoms with Crippen molar-refractivity contribution in [2.45, 2.75) is 18.9 Å². The molecular weight excluding hydrogens is 228 g/mol. The van der Waals surface area contributed by atoms with Gasteiger partial charge in [0.05, 0.1) is 12.1 Å². The first kappa shape index (κ1) is 11.2. The Bertz CT molecular complexity index is 397. The maximum Gasteiger partial charge on any atom is 0.328 e. The highest BCUT2D eigenvalue weighted by Gasteiger charge is 2.33. The molecule has 1 unspecified atom stereocenters. The summed E-state index contributed by atoms with van der Waals surface area (Å²) >= 11 is 6.06. The number of pyridine rings is 1. The molecule has 2 rings (SSSR count). The van der Waals surface area contributed by atoms with Gasteiger partial charge < -0.3 is 9.64 Å². The highest BCUT2D eigenvalue weighted by atomic mass is 35.5. The molecule has 16 heavy (non-hydrogen) atoms. The van der Waals surface area contributed by atoms with Gasteiger partial charge in [0, 0.05) is 12.7 Å². The molecule has 86 valence electrons. The Balaban J connectivity index is 2.27. The molecular formula is C11H13ClN2O2. The van der Waals surface area contributed by atoms with Crippen LogP contribution < -0.4 is 4.90 Å². The smallest absolute Gasteiger partial charge is 0.328 e. The number of halogens is 1. The number of aromatic nitrogens is 1. The molecule has 0 N–H and O–H groups in total. The van der Waals surface area contributed by atoms with Crippen LogP contribution in [0, 0.1) is 0 Å². The molecule has 4 nitrogen and oxygen atoms in total. The number of anilines is 1. The number of hydrogen-bond donors (Lipinski definition) is 0. The SMILES string of the molecule is COC(=O)C1CCCN1c1ncccc1Cl. The van der Waals surface area contributed by atoms with Crippen LogP contribution in [0.25, 0.3) is 0 Å². The lowest BCUT2D eigenvalue weighted by molar-refractivity contribution is -0.141. The maximum atomic E-state index is 11.6. The zero-order valence-electron chi connectivity index (χ0n) is 9.02. The largest absolute Gasteiger partial charge is 0.467 e.